The highest BCUT2D eigenvalue weighted by Gasteiger charge is 2.46. The van der Waals surface area contributed by atoms with E-state index >= 15 is 0 Å². The number of carbonyl (C=O) groups is 2. The number of carbonyl (C=O) groups excluding carboxylic acids is 2. The van der Waals surface area contributed by atoms with Gasteiger partial charge in [-0.2, -0.15) is 0 Å². The number of imide groups is 1. The minimum absolute atomic E-state index is 0.0861. The molecule has 3 N–H and O–H groups in total. The molecule has 1 aromatic heterocycles. The number of hydrogen-bond acceptors (Lipinski definition) is 4. The fourth-order valence-corrected chi connectivity index (χ4v) is 3.40. The molecule has 1 saturated heterocycles. The van der Waals surface area contributed by atoms with E-state index in [1.807, 2.05) is 0 Å². The summed E-state index contributed by atoms with van der Waals surface area (Å²) in [6.07, 6.45) is 1.66. The van der Waals surface area contributed by atoms with Gasteiger partial charge in [-0.15, -0.1) is 0 Å². The second-order valence-corrected chi connectivity index (χ2v) is 7.06. The molecule has 4 rings (SSSR count). The molecule has 7 nitrogen and oxygen atoms in total. The average Bonchev–Trinajstić information content (AvgIpc) is 3.16. The van der Waals surface area contributed by atoms with Crippen molar-refractivity contribution in [2.75, 3.05) is 7.11 Å². The van der Waals surface area contributed by atoms with E-state index < -0.39 is 17.5 Å². The predicted octanol–water partition coefficient (Wildman–Crippen LogP) is 2.43. The van der Waals surface area contributed by atoms with Crippen LogP contribution < -0.4 is 15.4 Å². The number of fused-ring (bicyclic) bond motifs is 1. The van der Waals surface area contributed by atoms with Crippen molar-refractivity contribution in [2.24, 2.45) is 0 Å². The normalized spacial score (nSPS) is 18.0. The predicted molar refractivity (Wildman–Crippen MR) is 108 cm³/mol. The number of nitrogens with one attached hydrogen (secondary N) is 2. The quantitative estimate of drug-likeness (QED) is 0.459. The Morgan fingerprint density at radius 3 is 2.70 bits per heavy atom. The lowest BCUT2D eigenvalue weighted by Gasteiger charge is -2.21. The maximum atomic E-state index is 13.4. The molecule has 30 heavy (non-hydrogen) atoms. The molecule has 1 atom stereocenters. The van der Waals surface area contributed by atoms with Crippen molar-refractivity contribution in [3.8, 4) is 23.5 Å². The molecule has 0 saturated carbocycles. The first kappa shape index (κ1) is 19.3. The van der Waals surface area contributed by atoms with Crippen LogP contribution in [0, 0.1) is 24.6 Å². The first-order chi connectivity index (χ1) is 14.3. The summed E-state index contributed by atoms with van der Waals surface area (Å²) >= 11 is 0. The van der Waals surface area contributed by atoms with Gasteiger partial charge in [0.25, 0.3) is 5.91 Å². The second-order valence-electron chi connectivity index (χ2n) is 7.06. The van der Waals surface area contributed by atoms with Crippen LogP contribution in [0.15, 0.2) is 42.6 Å². The summed E-state index contributed by atoms with van der Waals surface area (Å²) in [5.41, 5.74) is -0.477. The molecule has 2 aromatic carbocycles. The van der Waals surface area contributed by atoms with Crippen molar-refractivity contribution in [1.82, 2.24) is 15.2 Å². The molecular formula is C22H18FN3O4. The summed E-state index contributed by atoms with van der Waals surface area (Å²) in [4.78, 5) is 24.5. The molecule has 2 heterocycles. The Hall–Kier alpha value is -3.99. The number of halogens is 1. The number of aromatic hydroxyl groups is 1. The number of aromatic nitrogens is 1. The van der Waals surface area contributed by atoms with E-state index in [9.17, 15) is 19.1 Å². The number of benzene rings is 2. The lowest BCUT2D eigenvalue weighted by atomic mass is 9.99. The molecule has 152 valence electrons. The van der Waals surface area contributed by atoms with Gasteiger partial charge in [0.2, 0.25) is 5.54 Å². The Morgan fingerprint density at radius 2 is 2.03 bits per heavy atom. The summed E-state index contributed by atoms with van der Waals surface area (Å²) < 4.78 is 20.0. The van der Waals surface area contributed by atoms with Crippen molar-refractivity contribution in [3.63, 3.8) is 0 Å². The molecule has 0 radical (unpaired) electrons. The Morgan fingerprint density at radius 1 is 1.23 bits per heavy atom. The Kier molecular flexibility index (Phi) is 4.59. The van der Waals surface area contributed by atoms with Gasteiger partial charge in [0.1, 0.15) is 11.6 Å². The monoisotopic (exact) mass is 407 g/mol. The smallest absolute Gasteiger partial charge is 0.323 e. The fourth-order valence-electron chi connectivity index (χ4n) is 3.40. The van der Waals surface area contributed by atoms with E-state index in [1.165, 1.54) is 29.9 Å². The fraction of sp³-hybridized carbons (Fsp3) is 0.182. The number of urea groups is 1. The first-order valence-electron chi connectivity index (χ1n) is 9.10. The van der Waals surface area contributed by atoms with Crippen LogP contribution in [0.5, 0.6) is 11.6 Å². The third kappa shape index (κ3) is 3.31. The van der Waals surface area contributed by atoms with Crippen LogP contribution >= 0.6 is 0 Å². The van der Waals surface area contributed by atoms with Gasteiger partial charge in [0.05, 0.1) is 13.7 Å². The maximum absolute atomic E-state index is 13.4. The molecule has 3 amide bonds. The van der Waals surface area contributed by atoms with Crippen LogP contribution in [0.25, 0.3) is 10.8 Å². The zero-order valence-corrected chi connectivity index (χ0v) is 16.2. The number of rotatable bonds is 3. The number of aryl methyl sites for hydroxylation is 1. The molecule has 1 aliphatic heterocycles. The molecule has 0 aliphatic carbocycles. The van der Waals surface area contributed by atoms with Gasteiger partial charge >= 0.3 is 6.03 Å². The van der Waals surface area contributed by atoms with Crippen molar-refractivity contribution >= 4 is 22.7 Å². The maximum Gasteiger partial charge on any atom is 0.323 e. The lowest BCUT2D eigenvalue weighted by molar-refractivity contribution is -0.122. The number of amides is 3. The first-order valence-corrected chi connectivity index (χ1v) is 9.10. The Bertz CT molecular complexity index is 1250. The number of ether oxygens (including phenoxy) is 1. The highest BCUT2D eigenvalue weighted by atomic mass is 19.1. The van der Waals surface area contributed by atoms with Crippen molar-refractivity contribution in [3.05, 3.63) is 59.5 Å². The van der Waals surface area contributed by atoms with Gasteiger partial charge in [-0.25, -0.2) is 9.18 Å². The number of nitrogens with zero attached hydrogens (tertiary/aromatic N) is 1. The molecule has 3 aromatic rings. The van der Waals surface area contributed by atoms with Crippen LogP contribution in [-0.2, 0) is 11.3 Å². The van der Waals surface area contributed by atoms with Gasteiger partial charge in [-0.3, -0.25) is 10.1 Å². The summed E-state index contributed by atoms with van der Waals surface area (Å²) in [7, 11) is 1.52. The van der Waals surface area contributed by atoms with Crippen LogP contribution in [0.3, 0.4) is 0 Å². The third-order valence-corrected chi connectivity index (χ3v) is 5.02. The SMILES string of the molecule is COc1ccc2cn(C[C@@]3(C#Cc4ccc(F)cc4C)NC(=O)NC3=O)c(O)c2c1. The molecule has 1 fully saturated rings. The zero-order chi connectivity index (χ0) is 21.5. The van der Waals surface area contributed by atoms with Gasteiger partial charge in [-0.1, -0.05) is 11.8 Å². The second kappa shape index (κ2) is 7.12. The summed E-state index contributed by atoms with van der Waals surface area (Å²) in [6.45, 7) is 1.57. The lowest BCUT2D eigenvalue weighted by Crippen LogP contribution is -2.49. The van der Waals surface area contributed by atoms with Crippen molar-refractivity contribution in [1.29, 1.82) is 0 Å². The summed E-state index contributed by atoms with van der Waals surface area (Å²) in [5, 5.41) is 16.7. The van der Waals surface area contributed by atoms with Crippen LogP contribution in [0.2, 0.25) is 0 Å². The molecule has 0 bridgehead atoms. The van der Waals surface area contributed by atoms with E-state index in [-0.39, 0.29) is 18.2 Å². The van der Waals surface area contributed by atoms with Crippen LogP contribution in [0.1, 0.15) is 11.1 Å². The van der Waals surface area contributed by atoms with E-state index in [1.54, 1.807) is 31.3 Å². The largest absolute Gasteiger partial charge is 0.497 e. The Labute approximate surface area is 171 Å². The molecule has 0 spiro atoms. The van der Waals surface area contributed by atoms with Gasteiger partial charge in [0.15, 0.2) is 5.88 Å². The number of hydrogen-bond donors (Lipinski definition) is 3. The minimum atomic E-state index is -1.60. The Balaban J connectivity index is 1.77. The third-order valence-electron chi connectivity index (χ3n) is 5.02. The standard InChI is InChI=1S/C22H18FN3O4/c1-13-9-16(23)5-3-14(13)7-8-22(20(28)24-21(29)25-22)12-26-11-15-4-6-17(30-2)10-18(15)19(26)27/h3-6,9-11,27H,12H2,1-2H3,(H2,24,25,28,29)/t22-/m1/s1. The topological polar surface area (TPSA) is 92.6 Å². The van der Waals surface area contributed by atoms with Crippen molar-refractivity contribution in [2.45, 2.75) is 19.0 Å². The van der Waals surface area contributed by atoms with Gasteiger partial charge < -0.3 is 19.7 Å². The van der Waals surface area contributed by atoms with E-state index in [2.05, 4.69) is 22.5 Å². The molecule has 0 unspecified atom stereocenters. The van der Waals surface area contributed by atoms with E-state index in [4.69, 9.17) is 4.74 Å². The summed E-state index contributed by atoms with van der Waals surface area (Å²) in [6, 6.07) is 8.64. The average molecular weight is 407 g/mol. The van der Waals surface area contributed by atoms with E-state index in [0.717, 1.165) is 5.39 Å². The van der Waals surface area contributed by atoms with Crippen LogP contribution in [-0.4, -0.2) is 34.3 Å². The highest BCUT2D eigenvalue weighted by Crippen LogP contribution is 2.32. The zero-order valence-electron chi connectivity index (χ0n) is 16.2. The molecular weight excluding hydrogens is 389 g/mol. The van der Waals surface area contributed by atoms with Gasteiger partial charge in [0, 0.05) is 22.5 Å². The molecule has 8 heteroatoms. The van der Waals surface area contributed by atoms with E-state index in [0.29, 0.717) is 22.3 Å². The van der Waals surface area contributed by atoms with Crippen molar-refractivity contribution < 1.29 is 23.8 Å². The number of methoxy groups -OCH3 is 1. The minimum Gasteiger partial charge on any atom is -0.497 e. The van der Waals surface area contributed by atoms with Gasteiger partial charge in [-0.05, 0) is 48.9 Å². The highest BCUT2D eigenvalue weighted by molar-refractivity contribution is 6.09. The molecule has 1 aliphatic rings. The summed E-state index contributed by atoms with van der Waals surface area (Å²) in [5.74, 6) is 5.15. The van der Waals surface area contributed by atoms with Crippen LogP contribution in [0.4, 0.5) is 9.18 Å².